The van der Waals surface area contributed by atoms with Crippen molar-refractivity contribution in [2.45, 2.75) is 38.3 Å². The van der Waals surface area contributed by atoms with Crippen LogP contribution in [0.3, 0.4) is 0 Å². The SMILES string of the molecule is O=C(O)CN(Cc1ccccc1)C(=O)CCC1CCCO1. The molecule has 1 aromatic rings. The van der Waals surface area contributed by atoms with Crippen molar-refractivity contribution in [2.24, 2.45) is 0 Å². The first-order valence-electron chi connectivity index (χ1n) is 7.30. The maximum Gasteiger partial charge on any atom is 0.323 e. The van der Waals surface area contributed by atoms with Gasteiger partial charge in [-0.25, -0.2) is 0 Å². The van der Waals surface area contributed by atoms with Gasteiger partial charge in [-0.3, -0.25) is 9.59 Å². The Kier molecular flexibility index (Phi) is 5.75. The zero-order chi connectivity index (χ0) is 15.1. The number of carbonyl (C=O) groups is 2. The first-order valence-corrected chi connectivity index (χ1v) is 7.30. The fraction of sp³-hybridized carbons (Fsp3) is 0.500. The van der Waals surface area contributed by atoms with Gasteiger partial charge in [0, 0.05) is 19.6 Å². The van der Waals surface area contributed by atoms with Gasteiger partial charge in [-0.15, -0.1) is 0 Å². The number of hydrogen-bond donors (Lipinski definition) is 1. The van der Waals surface area contributed by atoms with Gasteiger partial charge < -0.3 is 14.7 Å². The largest absolute Gasteiger partial charge is 0.480 e. The van der Waals surface area contributed by atoms with Crippen LogP contribution in [-0.4, -0.2) is 41.1 Å². The van der Waals surface area contributed by atoms with E-state index in [1.54, 1.807) is 0 Å². The molecule has 1 aliphatic heterocycles. The highest BCUT2D eigenvalue weighted by molar-refractivity contribution is 5.81. The van der Waals surface area contributed by atoms with E-state index < -0.39 is 5.97 Å². The van der Waals surface area contributed by atoms with Crippen molar-refractivity contribution in [1.29, 1.82) is 0 Å². The Morgan fingerprint density at radius 1 is 1.29 bits per heavy atom. The molecule has 1 aliphatic rings. The molecular weight excluding hydrogens is 270 g/mol. The van der Waals surface area contributed by atoms with E-state index in [0.29, 0.717) is 19.4 Å². The molecule has 21 heavy (non-hydrogen) atoms. The summed E-state index contributed by atoms with van der Waals surface area (Å²) in [5, 5.41) is 8.97. The van der Waals surface area contributed by atoms with E-state index in [-0.39, 0.29) is 18.6 Å². The molecule has 5 nitrogen and oxygen atoms in total. The highest BCUT2D eigenvalue weighted by Gasteiger charge is 2.21. The summed E-state index contributed by atoms with van der Waals surface area (Å²) >= 11 is 0. The van der Waals surface area contributed by atoms with Crippen LogP contribution >= 0.6 is 0 Å². The fourth-order valence-electron chi connectivity index (χ4n) is 2.51. The van der Waals surface area contributed by atoms with Crippen LogP contribution in [0.4, 0.5) is 0 Å². The number of aliphatic carboxylic acids is 1. The molecule has 1 amide bonds. The van der Waals surface area contributed by atoms with Gasteiger partial charge in [0.1, 0.15) is 6.54 Å². The van der Waals surface area contributed by atoms with Gasteiger partial charge in [-0.2, -0.15) is 0 Å². The number of amides is 1. The van der Waals surface area contributed by atoms with Crippen molar-refractivity contribution in [3.63, 3.8) is 0 Å². The molecule has 5 heteroatoms. The van der Waals surface area contributed by atoms with Crippen LogP contribution in [0, 0.1) is 0 Å². The van der Waals surface area contributed by atoms with Crippen molar-refractivity contribution in [3.05, 3.63) is 35.9 Å². The van der Waals surface area contributed by atoms with E-state index in [0.717, 1.165) is 25.0 Å². The Hall–Kier alpha value is -1.88. The molecular formula is C16H21NO4. The second kappa shape index (κ2) is 7.78. The maximum atomic E-state index is 12.2. The normalized spacial score (nSPS) is 17.6. The lowest BCUT2D eigenvalue weighted by Crippen LogP contribution is -2.35. The second-order valence-electron chi connectivity index (χ2n) is 5.30. The van der Waals surface area contributed by atoms with Crippen molar-refractivity contribution in [2.75, 3.05) is 13.2 Å². The molecule has 0 aliphatic carbocycles. The molecule has 114 valence electrons. The minimum absolute atomic E-state index is 0.128. The highest BCUT2D eigenvalue weighted by Crippen LogP contribution is 2.18. The van der Waals surface area contributed by atoms with Gasteiger partial charge in [0.05, 0.1) is 6.10 Å². The molecule has 1 unspecified atom stereocenters. The summed E-state index contributed by atoms with van der Waals surface area (Å²) in [6.45, 7) is 0.832. The van der Waals surface area contributed by atoms with Crippen LogP contribution < -0.4 is 0 Å². The first kappa shape index (κ1) is 15.5. The third-order valence-electron chi connectivity index (χ3n) is 3.60. The Balaban J connectivity index is 1.90. The van der Waals surface area contributed by atoms with E-state index in [4.69, 9.17) is 9.84 Å². The monoisotopic (exact) mass is 291 g/mol. The van der Waals surface area contributed by atoms with Crippen molar-refractivity contribution in [1.82, 2.24) is 4.90 Å². The van der Waals surface area contributed by atoms with E-state index in [1.807, 2.05) is 30.3 Å². The van der Waals surface area contributed by atoms with Crippen LogP contribution in [0.1, 0.15) is 31.2 Å². The zero-order valence-electron chi connectivity index (χ0n) is 12.0. The molecule has 1 N–H and O–H groups in total. The van der Waals surface area contributed by atoms with Crippen molar-refractivity contribution in [3.8, 4) is 0 Å². The van der Waals surface area contributed by atoms with E-state index >= 15 is 0 Å². The molecule has 2 rings (SSSR count). The summed E-state index contributed by atoms with van der Waals surface area (Å²) in [4.78, 5) is 24.6. The lowest BCUT2D eigenvalue weighted by molar-refractivity contribution is -0.145. The average Bonchev–Trinajstić information content (AvgIpc) is 2.98. The quantitative estimate of drug-likeness (QED) is 0.835. The third-order valence-corrected chi connectivity index (χ3v) is 3.60. The Morgan fingerprint density at radius 3 is 2.67 bits per heavy atom. The Labute approximate surface area is 124 Å². The molecule has 0 saturated carbocycles. The average molecular weight is 291 g/mol. The third kappa shape index (κ3) is 5.19. The second-order valence-corrected chi connectivity index (χ2v) is 5.30. The van der Waals surface area contributed by atoms with Gasteiger partial charge in [-0.05, 0) is 24.8 Å². The minimum atomic E-state index is -0.989. The number of ether oxygens (including phenoxy) is 1. The minimum Gasteiger partial charge on any atom is -0.480 e. The van der Waals surface area contributed by atoms with Gasteiger partial charge in [0.2, 0.25) is 5.91 Å². The lowest BCUT2D eigenvalue weighted by atomic mass is 10.1. The number of nitrogens with zero attached hydrogens (tertiary/aromatic N) is 1. The molecule has 1 aromatic carbocycles. The summed E-state index contributed by atoms with van der Waals surface area (Å²) in [5.74, 6) is -1.12. The molecule has 1 saturated heterocycles. The summed E-state index contributed by atoms with van der Waals surface area (Å²) in [6, 6.07) is 9.44. The number of hydrogen-bond acceptors (Lipinski definition) is 3. The molecule has 0 spiro atoms. The topological polar surface area (TPSA) is 66.8 Å². The van der Waals surface area contributed by atoms with Crippen LogP contribution in [0.15, 0.2) is 30.3 Å². The fourth-order valence-corrected chi connectivity index (χ4v) is 2.51. The molecule has 1 atom stereocenters. The predicted octanol–water partition coefficient (Wildman–Crippen LogP) is 2.06. The number of carboxylic acids is 1. The summed E-state index contributed by atoms with van der Waals surface area (Å²) < 4.78 is 5.50. The van der Waals surface area contributed by atoms with Gasteiger partial charge in [0.15, 0.2) is 0 Å². The molecule has 1 fully saturated rings. The van der Waals surface area contributed by atoms with Crippen molar-refractivity contribution < 1.29 is 19.4 Å². The van der Waals surface area contributed by atoms with E-state index in [2.05, 4.69) is 0 Å². The summed E-state index contributed by atoms with van der Waals surface area (Å²) in [6.07, 6.45) is 3.19. The first-order chi connectivity index (χ1) is 10.1. The van der Waals surface area contributed by atoms with Crippen LogP contribution in [0.2, 0.25) is 0 Å². The Morgan fingerprint density at radius 2 is 2.05 bits per heavy atom. The van der Waals surface area contributed by atoms with Crippen LogP contribution in [0.5, 0.6) is 0 Å². The molecule has 1 heterocycles. The predicted molar refractivity (Wildman–Crippen MR) is 77.7 cm³/mol. The summed E-state index contributed by atoms with van der Waals surface area (Å²) in [7, 11) is 0. The van der Waals surface area contributed by atoms with Gasteiger partial charge in [-0.1, -0.05) is 30.3 Å². The number of benzene rings is 1. The smallest absolute Gasteiger partial charge is 0.323 e. The van der Waals surface area contributed by atoms with Crippen molar-refractivity contribution >= 4 is 11.9 Å². The number of carboxylic acid groups (broad SMARTS) is 1. The van der Waals surface area contributed by atoms with Crippen LogP contribution in [0.25, 0.3) is 0 Å². The Bertz CT molecular complexity index is 468. The van der Waals surface area contributed by atoms with Gasteiger partial charge >= 0.3 is 5.97 Å². The lowest BCUT2D eigenvalue weighted by Gasteiger charge is -2.21. The number of rotatable bonds is 7. The number of carbonyl (C=O) groups excluding carboxylic acids is 1. The standard InChI is InChI=1S/C16H21NO4/c18-15(9-8-14-7-4-10-21-14)17(12-16(19)20)11-13-5-2-1-3-6-13/h1-3,5-6,14H,4,7-12H2,(H,19,20). The van der Waals surface area contributed by atoms with E-state index in [9.17, 15) is 9.59 Å². The van der Waals surface area contributed by atoms with E-state index in [1.165, 1.54) is 4.90 Å². The maximum absolute atomic E-state index is 12.2. The summed E-state index contributed by atoms with van der Waals surface area (Å²) in [5.41, 5.74) is 0.934. The van der Waals surface area contributed by atoms with Gasteiger partial charge in [0.25, 0.3) is 0 Å². The molecule has 0 aromatic heterocycles. The highest BCUT2D eigenvalue weighted by atomic mass is 16.5. The molecule has 0 bridgehead atoms. The molecule has 0 radical (unpaired) electrons. The van der Waals surface area contributed by atoms with Crippen LogP contribution in [-0.2, 0) is 20.9 Å². The zero-order valence-corrected chi connectivity index (χ0v) is 12.0.